The van der Waals surface area contributed by atoms with E-state index in [-0.39, 0.29) is 0 Å². The van der Waals surface area contributed by atoms with Crippen LogP contribution in [-0.4, -0.2) is 11.6 Å². The molecule has 1 aromatic heterocycles. The maximum Gasteiger partial charge on any atom is 0.215 e. The van der Waals surface area contributed by atoms with E-state index in [0.29, 0.717) is 18.2 Å². The lowest BCUT2D eigenvalue weighted by molar-refractivity contribution is 0.0853. The topological polar surface area (TPSA) is 43.4 Å². The highest BCUT2D eigenvalue weighted by Crippen LogP contribution is 2.11. The van der Waals surface area contributed by atoms with Crippen molar-refractivity contribution in [2.45, 2.75) is 0 Å². The van der Waals surface area contributed by atoms with Crippen LogP contribution >= 0.6 is 0 Å². The summed E-state index contributed by atoms with van der Waals surface area (Å²) in [5.74, 6) is 1.31. The van der Waals surface area contributed by atoms with Gasteiger partial charge in [0.2, 0.25) is 5.88 Å². The van der Waals surface area contributed by atoms with Gasteiger partial charge in [0.25, 0.3) is 0 Å². The largest absolute Gasteiger partial charge is 0.438 e. The van der Waals surface area contributed by atoms with Crippen LogP contribution in [0.4, 0.5) is 0 Å². The molecule has 0 bridgehead atoms. The van der Waals surface area contributed by atoms with Crippen molar-refractivity contribution in [3.8, 4) is 5.75 Å². The van der Waals surface area contributed by atoms with Gasteiger partial charge >= 0.3 is 0 Å². The van der Waals surface area contributed by atoms with E-state index in [9.17, 15) is 0 Å². The predicted molar refractivity (Wildman–Crippen MR) is 42.0 cm³/mol. The number of hydroxylamine groups is 1. The average Bonchev–Trinajstić information content (AvgIpc) is 2.59. The first kappa shape index (κ1) is 7.12. The molecule has 12 heavy (non-hydrogen) atoms. The number of hydrogen-bond acceptors (Lipinski definition) is 4. The van der Waals surface area contributed by atoms with Crippen LogP contribution in [-0.2, 0) is 4.84 Å². The first-order chi connectivity index (χ1) is 5.95. The highest BCUT2D eigenvalue weighted by molar-refractivity contribution is 5.18. The second-order valence-electron chi connectivity index (χ2n) is 2.27. The third kappa shape index (κ3) is 1.54. The summed E-state index contributed by atoms with van der Waals surface area (Å²) in [5, 5.41) is 0. The minimum Gasteiger partial charge on any atom is -0.438 e. The monoisotopic (exact) mass is 164 g/mol. The summed E-state index contributed by atoms with van der Waals surface area (Å²) in [7, 11) is 0. The van der Waals surface area contributed by atoms with Gasteiger partial charge in [0.1, 0.15) is 5.75 Å². The Morgan fingerprint density at radius 3 is 3.25 bits per heavy atom. The summed E-state index contributed by atoms with van der Waals surface area (Å²) in [6, 6.07) is 3.64. The number of aromatic nitrogens is 1. The van der Waals surface area contributed by atoms with Crippen LogP contribution in [0.2, 0.25) is 0 Å². The fraction of sp³-hybridized carbons (Fsp3) is 0.125. The third-order valence-electron chi connectivity index (χ3n) is 1.39. The van der Waals surface area contributed by atoms with Crippen LogP contribution in [0.3, 0.4) is 0 Å². The molecule has 1 N–H and O–H groups in total. The van der Waals surface area contributed by atoms with Crippen molar-refractivity contribution in [3.05, 3.63) is 36.5 Å². The molecule has 0 atom stereocenters. The smallest absolute Gasteiger partial charge is 0.215 e. The van der Waals surface area contributed by atoms with Gasteiger partial charge in [-0.1, -0.05) is 0 Å². The van der Waals surface area contributed by atoms with Gasteiger partial charge in [0.15, 0.2) is 0 Å². The maximum absolute atomic E-state index is 5.34. The summed E-state index contributed by atoms with van der Waals surface area (Å²) >= 11 is 0. The van der Waals surface area contributed by atoms with Gasteiger partial charge in [-0.25, -0.2) is 5.48 Å². The van der Waals surface area contributed by atoms with E-state index in [1.54, 1.807) is 12.4 Å². The molecule has 4 heteroatoms. The van der Waals surface area contributed by atoms with Crippen molar-refractivity contribution in [2.24, 2.45) is 0 Å². The Hall–Kier alpha value is -1.55. The van der Waals surface area contributed by atoms with Gasteiger partial charge < -0.3 is 4.74 Å². The molecular weight excluding hydrogens is 156 g/mol. The average molecular weight is 164 g/mol. The van der Waals surface area contributed by atoms with Crippen LogP contribution < -0.4 is 10.2 Å². The number of hydrogen-bond donors (Lipinski definition) is 1. The van der Waals surface area contributed by atoms with E-state index in [1.165, 1.54) is 0 Å². The zero-order chi connectivity index (χ0) is 8.23. The Kier molecular flexibility index (Phi) is 1.92. The molecular formula is C8H8N2O2. The predicted octanol–water partition coefficient (Wildman–Crippen LogP) is 0.837. The van der Waals surface area contributed by atoms with Gasteiger partial charge in [0, 0.05) is 12.3 Å². The highest BCUT2D eigenvalue weighted by Gasteiger charge is 2.04. The van der Waals surface area contributed by atoms with Crippen molar-refractivity contribution in [1.82, 2.24) is 10.5 Å². The SMILES string of the molecule is C1=C(Oc2cccnc2)NOC1. The molecule has 62 valence electrons. The molecule has 0 spiro atoms. The number of ether oxygens (including phenoxy) is 1. The Morgan fingerprint density at radius 2 is 2.58 bits per heavy atom. The van der Waals surface area contributed by atoms with Crippen molar-refractivity contribution in [3.63, 3.8) is 0 Å². The number of nitrogens with zero attached hydrogens (tertiary/aromatic N) is 1. The lowest BCUT2D eigenvalue weighted by Gasteiger charge is -2.04. The van der Waals surface area contributed by atoms with E-state index in [4.69, 9.17) is 9.57 Å². The van der Waals surface area contributed by atoms with Gasteiger partial charge in [-0.15, -0.1) is 0 Å². The van der Waals surface area contributed by atoms with Crippen LogP contribution in [0.5, 0.6) is 5.75 Å². The van der Waals surface area contributed by atoms with Crippen molar-refractivity contribution < 1.29 is 9.57 Å². The molecule has 0 fully saturated rings. The lowest BCUT2D eigenvalue weighted by Crippen LogP contribution is -2.11. The first-order valence-electron chi connectivity index (χ1n) is 3.61. The molecule has 2 rings (SSSR count). The van der Waals surface area contributed by atoms with Gasteiger partial charge in [0.05, 0.1) is 12.8 Å². The van der Waals surface area contributed by atoms with Crippen LogP contribution in [0.1, 0.15) is 0 Å². The molecule has 0 unspecified atom stereocenters. The van der Waals surface area contributed by atoms with Crippen LogP contribution in [0.15, 0.2) is 36.5 Å². The Morgan fingerprint density at radius 1 is 1.58 bits per heavy atom. The first-order valence-corrected chi connectivity index (χ1v) is 3.61. The second-order valence-corrected chi connectivity index (χ2v) is 2.27. The highest BCUT2D eigenvalue weighted by atomic mass is 16.7. The number of pyridine rings is 1. The van der Waals surface area contributed by atoms with E-state index < -0.39 is 0 Å². The van der Waals surface area contributed by atoms with E-state index in [2.05, 4.69) is 10.5 Å². The summed E-state index contributed by atoms with van der Waals surface area (Å²) in [4.78, 5) is 8.75. The zero-order valence-corrected chi connectivity index (χ0v) is 6.36. The molecule has 0 radical (unpaired) electrons. The molecule has 1 aromatic rings. The molecule has 2 heterocycles. The molecule has 1 aliphatic rings. The van der Waals surface area contributed by atoms with E-state index >= 15 is 0 Å². The van der Waals surface area contributed by atoms with Gasteiger partial charge in [-0.2, -0.15) is 0 Å². The second kappa shape index (κ2) is 3.23. The number of nitrogens with one attached hydrogen (secondary N) is 1. The fourth-order valence-electron chi connectivity index (χ4n) is 0.869. The molecule has 0 aliphatic carbocycles. The summed E-state index contributed by atoms with van der Waals surface area (Å²) in [6.45, 7) is 0.537. The molecule has 4 nitrogen and oxygen atoms in total. The Labute approximate surface area is 69.8 Å². The number of rotatable bonds is 2. The standard InChI is InChI=1S/C8H8N2O2/c1-2-7(6-9-4-1)12-8-3-5-11-10-8/h1-4,6,10H,5H2. The normalized spacial score (nSPS) is 15.2. The molecule has 0 amide bonds. The molecule has 0 saturated heterocycles. The van der Waals surface area contributed by atoms with Crippen LogP contribution in [0, 0.1) is 0 Å². The third-order valence-corrected chi connectivity index (χ3v) is 1.39. The van der Waals surface area contributed by atoms with Crippen molar-refractivity contribution in [2.75, 3.05) is 6.61 Å². The maximum atomic E-state index is 5.34. The van der Waals surface area contributed by atoms with Crippen molar-refractivity contribution >= 4 is 0 Å². The van der Waals surface area contributed by atoms with Crippen LogP contribution in [0.25, 0.3) is 0 Å². The Bertz CT molecular complexity index is 284. The molecule has 1 aliphatic heterocycles. The van der Waals surface area contributed by atoms with E-state index in [0.717, 1.165) is 0 Å². The summed E-state index contributed by atoms with van der Waals surface area (Å²) < 4.78 is 5.34. The quantitative estimate of drug-likeness (QED) is 0.703. The minimum atomic E-state index is 0.537. The summed E-state index contributed by atoms with van der Waals surface area (Å²) in [6.07, 6.45) is 5.15. The van der Waals surface area contributed by atoms with Crippen molar-refractivity contribution in [1.29, 1.82) is 0 Å². The van der Waals surface area contributed by atoms with E-state index in [1.807, 2.05) is 18.2 Å². The minimum absolute atomic E-state index is 0.537. The zero-order valence-electron chi connectivity index (χ0n) is 6.36. The molecule has 0 aromatic carbocycles. The Balaban J connectivity index is 2.04. The summed E-state index contributed by atoms with van der Waals surface area (Å²) in [5.41, 5.74) is 2.62. The fourth-order valence-corrected chi connectivity index (χ4v) is 0.869. The van der Waals surface area contributed by atoms with Gasteiger partial charge in [-0.05, 0) is 12.1 Å². The molecule has 0 saturated carbocycles. The van der Waals surface area contributed by atoms with Gasteiger partial charge in [-0.3, -0.25) is 9.82 Å². The lowest BCUT2D eigenvalue weighted by atomic mass is 10.5.